The van der Waals surface area contributed by atoms with Gasteiger partial charge >= 0.3 is 0 Å². The molecule has 3 rings (SSSR count). The summed E-state index contributed by atoms with van der Waals surface area (Å²) in [5.41, 5.74) is 1.76. The van der Waals surface area contributed by atoms with Crippen LogP contribution in [0.5, 0.6) is 17.2 Å². The van der Waals surface area contributed by atoms with Gasteiger partial charge < -0.3 is 24.4 Å². The Bertz CT molecular complexity index is 782. The Morgan fingerprint density at radius 3 is 2.18 bits per heavy atom. The molecule has 2 aromatic carbocycles. The largest absolute Gasteiger partial charge is 0.497 e. The number of hydrogen-bond donors (Lipinski definition) is 1. The van der Waals surface area contributed by atoms with E-state index in [1.165, 1.54) is 0 Å². The van der Waals surface area contributed by atoms with Gasteiger partial charge in [0.05, 0.1) is 33.6 Å². The van der Waals surface area contributed by atoms with E-state index in [-0.39, 0.29) is 5.91 Å². The van der Waals surface area contributed by atoms with E-state index in [1.807, 2.05) is 18.2 Å². The van der Waals surface area contributed by atoms with Gasteiger partial charge in [-0.1, -0.05) is 12.1 Å². The number of methoxy groups -OCH3 is 3. The number of para-hydroxylation sites is 2. The first-order valence-corrected chi connectivity index (χ1v) is 9.26. The molecule has 28 heavy (non-hydrogen) atoms. The lowest BCUT2D eigenvalue weighted by atomic mass is 10.2. The number of nitrogens with zero attached hydrogens (tertiary/aromatic N) is 2. The molecule has 0 spiro atoms. The molecule has 2 aromatic rings. The number of anilines is 2. The van der Waals surface area contributed by atoms with E-state index >= 15 is 0 Å². The van der Waals surface area contributed by atoms with Crippen molar-refractivity contribution in [3.05, 3.63) is 42.5 Å². The van der Waals surface area contributed by atoms with Crippen LogP contribution in [0.2, 0.25) is 0 Å². The average molecular weight is 385 g/mol. The van der Waals surface area contributed by atoms with Crippen molar-refractivity contribution in [2.45, 2.75) is 0 Å². The van der Waals surface area contributed by atoms with Crippen molar-refractivity contribution in [3.63, 3.8) is 0 Å². The van der Waals surface area contributed by atoms with Gasteiger partial charge in [-0.25, -0.2) is 0 Å². The predicted molar refractivity (Wildman–Crippen MR) is 110 cm³/mol. The highest BCUT2D eigenvalue weighted by Gasteiger charge is 2.21. The Labute approximate surface area is 165 Å². The van der Waals surface area contributed by atoms with Gasteiger partial charge in [0.25, 0.3) is 0 Å². The summed E-state index contributed by atoms with van der Waals surface area (Å²) < 4.78 is 15.9. The second-order valence-electron chi connectivity index (χ2n) is 6.58. The first kappa shape index (κ1) is 19.8. The van der Waals surface area contributed by atoms with Crippen LogP contribution in [0.4, 0.5) is 11.4 Å². The Hall–Kier alpha value is -2.93. The fourth-order valence-corrected chi connectivity index (χ4v) is 3.32. The molecule has 1 fully saturated rings. The molecule has 1 saturated heterocycles. The molecule has 7 nitrogen and oxygen atoms in total. The Kier molecular flexibility index (Phi) is 6.60. The smallest absolute Gasteiger partial charge is 0.238 e. The maximum Gasteiger partial charge on any atom is 0.238 e. The van der Waals surface area contributed by atoms with Crippen LogP contribution in [0.3, 0.4) is 0 Å². The van der Waals surface area contributed by atoms with Crippen molar-refractivity contribution < 1.29 is 19.0 Å². The third kappa shape index (κ3) is 4.86. The Balaban J connectivity index is 1.54. The summed E-state index contributed by atoms with van der Waals surface area (Å²) in [6, 6.07) is 13.3. The van der Waals surface area contributed by atoms with Gasteiger partial charge in [0.2, 0.25) is 5.91 Å². The standard InChI is InChI=1S/C21H27N3O4/c1-26-17-12-16(13-18(14-17)27-2)22-21(25)15-23-8-10-24(11-9-23)19-6-4-5-7-20(19)28-3/h4-7,12-14H,8-11,15H2,1-3H3,(H,22,25). The second-order valence-corrected chi connectivity index (χ2v) is 6.58. The quantitative estimate of drug-likeness (QED) is 0.790. The molecule has 0 bridgehead atoms. The van der Waals surface area contributed by atoms with Crippen LogP contribution in [0, 0.1) is 0 Å². The molecule has 1 aliphatic heterocycles. The van der Waals surface area contributed by atoms with E-state index in [1.54, 1.807) is 39.5 Å². The molecule has 0 unspecified atom stereocenters. The lowest BCUT2D eigenvalue weighted by Crippen LogP contribution is -2.48. The molecule has 1 aliphatic rings. The van der Waals surface area contributed by atoms with E-state index in [0.717, 1.165) is 37.6 Å². The zero-order valence-electron chi connectivity index (χ0n) is 16.6. The number of benzene rings is 2. The van der Waals surface area contributed by atoms with Crippen molar-refractivity contribution in [2.75, 3.05) is 64.3 Å². The van der Waals surface area contributed by atoms with E-state index in [4.69, 9.17) is 14.2 Å². The third-order valence-corrected chi connectivity index (χ3v) is 4.80. The molecule has 0 saturated carbocycles. The van der Waals surface area contributed by atoms with E-state index in [9.17, 15) is 4.79 Å². The summed E-state index contributed by atoms with van der Waals surface area (Å²) in [6.07, 6.45) is 0. The minimum Gasteiger partial charge on any atom is -0.497 e. The fraction of sp³-hybridized carbons (Fsp3) is 0.381. The van der Waals surface area contributed by atoms with Crippen LogP contribution in [0.1, 0.15) is 0 Å². The van der Waals surface area contributed by atoms with E-state index in [0.29, 0.717) is 23.7 Å². The summed E-state index contributed by atoms with van der Waals surface area (Å²) in [5.74, 6) is 2.10. The number of nitrogens with one attached hydrogen (secondary N) is 1. The molecule has 0 radical (unpaired) electrons. The molecule has 1 heterocycles. The highest BCUT2D eigenvalue weighted by atomic mass is 16.5. The second kappa shape index (κ2) is 9.32. The maximum absolute atomic E-state index is 12.5. The normalized spacial score (nSPS) is 14.5. The lowest BCUT2D eigenvalue weighted by Gasteiger charge is -2.36. The van der Waals surface area contributed by atoms with Crippen LogP contribution < -0.4 is 24.4 Å². The van der Waals surface area contributed by atoms with E-state index in [2.05, 4.69) is 21.2 Å². The Morgan fingerprint density at radius 2 is 1.57 bits per heavy atom. The van der Waals surface area contributed by atoms with Crippen LogP contribution in [-0.4, -0.2) is 64.9 Å². The number of carbonyl (C=O) groups excluding carboxylic acids is 1. The van der Waals surface area contributed by atoms with Gasteiger partial charge in [0.15, 0.2) is 0 Å². The molecule has 7 heteroatoms. The molecule has 0 aromatic heterocycles. The summed E-state index contributed by atoms with van der Waals surface area (Å²) in [4.78, 5) is 16.9. The molecule has 1 amide bonds. The van der Waals surface area contributed by atoms with Gasteiger partial charge in [-0.3, -0.25) is 9.69 Å². The molecular formula is C21H27N3O4. The average Bonchev–Trinajstić information content (AvgIpc) is 2.73. The number of hydrogen-bond acceptors (Lipinski definition) is 6. The van der Waals surface area contributed by atoms with Crippen LogP contribution in [0.25, 0.3) is 0 Å². The molecule has 1 N–H and O–H groups in total. The number of ether oxygens (including phenoxy) is 3. The SMILES string of the molecule is COc1cc(NC(=O)CN2CCN(c3ccccc3OC)CC2)cc(OC)c1. The highest BCUT2D eigenvalue weighted by Crippen LogP contribution is 2.28. The number of piperazine rings is 1. The minimum absolute atomic E-state index is 0.0546. The number of rotatable bonds is 7. The molecular weight excluding hydrogens is 358 g/mol. The van der Waals surface area contributed by atoms with Gasteiger partial charge in [0, 0.05) is 50.1 Å². The zero-order chi connectivity index (χ0) is 19.9. The maximum atomic E-state index is 12.5. The minimum atomic E-state index is -0.0546. The van der Waals surface area contributed by atoms with Crippen LogP contribution in [0.15, 0.2) is 42.5 Å². The van der Waals surface area contributed by atoms with E-state index < -0.39 is 0 Å². The molecule has 0 aliphatic carbocycles. The summed E-state index contributed by atoms with van der Waals surface area (Å²) in [7, 11) is 4.86. The van der Waals surface area contributed by atoms with Gasteiger partial charge in [-0.05, 0) is 12.1 Å². The number of carbonyl (C=O) groups is 1. The topological polar surface area (TPSA) is 63.3 Å². The van der Waals surface area contributed by atoms with Crippen molar-refractivity contribution >= 4 is 17.3 Å². The van der Waals surface area contributed by atoms with Crippen molar-refractivity contribution in [1.29, 1.82) is 0 Å². The van der Waals surface area contributed by atoms with Gasteiger partial charge in [-0.15, -0.1) is 0 Å². The van der Waals surface area contributed by atoms with Crippen molar-refractivity contribution in [3.8, 4) is 17.2 Å². The van der Waals surface area contributed by atoms with Crippen molar-refractivity contribution in [2.24, 2.45) is 0 Å². The third-order valence-electron chi connectivity index (χ3n) is 4.80. The Morgan fingerprint density at radius 1 is 0.929 bits per heavy atom. The molecule has 150 valence electrons. The zero-order valence-corrected chi connectivity index (χ0v) is 16.6. The van der Waals surface area contributed by atoms with Crippen LogP contribution >= 0.6 is 0 Å². The first-order valence-electron chi connectivity index (χ1n) is 9.26. The molecule has 0 atom stereocenters. The summed E-state index contributed by atoms with van der Waals surface area (Å²) in [5, 5.41) is 2.93. The fourth-order valence-electron chi connectivity index (χ4n) is 3.32. The monoisotopic (exact) mass is 385 g/mol. The lowest BCUT2D eigenvalue weighted by molar-refractivity contribution is -0.117. The number of amides is 1. The predicted octanol–water partition coefficient (Wildman–Crippen LogP) is 2.47. The van der Waals surface area contributed by atoms with Crippen molar-refractivity contribution in [1.82, 2.24) is 4.90 Å². The first-order chi connectivity index (χ1) is 13.6. The summed E-state index contributed by atoms with van der Waals surface area (Å²) >= 11 is 0. The van der Waals surface area contributed by atoms with Crippen LogP contribution in [-0.2, 0) is 4.79 Å². The summed E-state index contributed by atoms with van der Waals surface area (Å²) in [6.45, 7) is 3.67. The van der Waals surface area contributed by atoms with Gasteiger partial charge in [-0.2, -0.15) is 0 Å². The van der Waals surface area contributed by atoms with Gasteiger partial charge in [0.1, 0.15) is 17.2 Å². The highest BCUT2D eigenvalue weighted by molar-refractivity contribution is 5.92.